The molecule has 1 aromatic carbocycles. The molecule has 0 aliphatic heterocycles. The van der Waals surface area contributed by atoms with Crippen molar-refractivity contribution < 1.29 is 13.7 Å². The molecule has 0 aliphatic rings. The van der Waals surface area contributed by atoms with Crippen LogP contribution in [0.25, 0.3) is 0 Å². The van der Waals surface area contributed by atoms with Crippen LogP contribution in [0.5, 0.6) is 0 Å². The van der Waals surface area contributed by atoms with Crippen LogP contribution in [0.1, 0.15) is 37.2 Å². The van der Waals surface area contributed by atoms with Gasteiger partial charge in [-0.25, -0.2) is 4.39 Å². The second-order valence-corrected chi connectivity index (χ2v) is 5.50. The van der Waals surface area contributed by atoms with Crippen molar-refractivity contribution in [2.45, 2.75) is 32.9 Å². The first-order valence-corrected chi connectivity index (χ1v) is 7.39. The third-order valence-corrected chi connectivity index (χ3v) is 3.41. The van der Waals surface area contributed by atoms with Crippen molar-refractivity contribution in [1.29, 1.82) is 0 Å². The Morgan fingerprint density at radius 2 is 2.00 bits per heavy atom. The quantitative estimate of drug-likeness (QED) is 0.812. The molecule has 120 valence electrons. The SMILES string of the molecule is COCCc1noc(CN[C@H](c2ccc(F)cc2)C(C)C)n1. The van der Waals surface area contributed by atoms with Crippen molar-refractivity contribution in [3.8, 4) is 0 Å². The zero-order valence-corrected chi connectivity index (χ0v) is 13.2. The van der Waals surface area contributed by atoms with Crippen LogP contribution in [0.15, 0.2) is 28.8 Å². The molecule has 0 saturated carbocycles. The molecule has 0 spiro atoms. The summed E-state index contributed by atoms with van der Waals surface area (Å²) in [7, 11) is 1.64. The first kappa shape index (κ1) is 16.6. The van der Waals surface area contributed by atoms with Crippen LogP contribution in [-0.4, -0.2) is 23.9 Å². The van der Waals surface area contributed by atoms with E-state index in [1.165, 1.54) is 12.1 Å². The van der Waals surface area contributed by atoms with Gasteiger partial charge >= 0.3 is 0 Å². The van der Waals surface area contributed by atoms with E-state index in [-0.39, 0.29) is 11.9 Å². The molecule has 1 heterocycles. The van der Waals surface area contributed by atoms with E-state index in [0.717, 1.165) is 5.56 Å². The Labute approximate surface area is 129 Å². The van der Waals surface area contributed by atoms with Gasteiger partial charge in [0.2, 0.25) is 5.89 Å². The monoisotopic (exact) mass is 307 g/mol. The highest BCUT2D eigenvalue weighted by Gasteiger charge is 2.17. The van der Waals surface area contributed by atoms with Gasteiger partial charge in [-0.2, -0.15) is 4.98 Å². The highest BCUT2D eigenvalue weighted by molar-refractivity contribution is 5.20. The van der Waals surface area contributed by atoms with Crippen molar-refractivity contribution in [2.24, 2.45) is 5.92 Å². The molecule has 2 aromatic rings. The summed E-state index contributed by atoms with van der Waals surface area (Å²) in [5.41, 5.74) is 1.04. The molecule has 1 aromatic heterocycles. The van der Waals surface area contributed by atoms with E-state index in [1.54, 1.807) is 19.2 Å². The predicted octanol–water partition coefficient (Wildman–Crippen LogP) is 2.88. The molecule has 0 aliphatic carbocycles. The zero-order chi connectivity index (χ0) is 15.9. The molecule has 1 N–H and O–H groups in total. The summed E-state index contributed by atoms with van der Waals surface area (Å²) in [6.07, 6.45) is 0.631. The van der Waals surface area contributed by atoms with Gasteiger partial charge in [0, 0.05) is 19.6 Å². The van der Waals surface area contributed by atoms with E-state index in [9.17, 15) is 4.39 Å². The Morgan fingerprint density at radius 1 is 1.27 bits per heavy atom. The van der Waals surface area contributed by atoms with Crippen molar-refractivity contribution in [3.63, 3.8) is 0 Å². The average Bonchev–Trinajstić information content (AvgIpc) is 2.94. The highest BCUT2D eigenvalue weighted by Crippen LogP contribution is 2.22. The van der Waals surface area contributed by atoms with Crippen LogP contribution in [0.3, 0.4) is 0 Å². The minimum absolute atomic E-state index is 0.0925. The van der Waals surface area contributed by atoms with Gasteiger partial charge in [0.1, 0.15) is 5.82 Å². The summed E-state index contributed by atoms with van der Waals surface area (Å²) >= 11 is 0. The molecular weight excluding hydrogens is 285 g/mol. The standard InChI is InChI=1S/C16H22FN3O2/c1-11(2)16(12-4-6-13(17)7-5-12)18-10-15-19-14(20-22-15)8-9-21-3/h4-7,11,16,18H,8-10H2,1-3H3/t16-/m0/s1. The number of methoxy groups -OCH3 is 1. The zero-order valence-electron chi connectivity index (χ0n) is 13.2. The number of nitrogens with one attached hydrogen (secondary N) is 1. The van der Waals surface area contributed by atoms with Crippen LogP contribution in [-0.2, 0) is 17.7 Å². The molecule has 6 heteroatoms. The number of nitrogens with zero attached hydrogens (tertiary/aromatic N) is 2. The third-order valence-electron chi connectivity index (χ3n) is 3.41. The molecule has 0 saturated heterocycles. The second-order valence-electron chi connectivity index (χ2n) is 5.50. The van der Waals surface area contributed by atoms with Crippen LogP contribution < -0.4 is 5.32 Å². The van der Waals surface area contributed by atoms with E-state index < -0.39 is 0 Å². The fraction of sp³-hybridized carbons (Fsp3) is 0.500. The maximum Gasteiger partial charge on any atom is 0.240 e. The van der Waals surface area contributed by atoms with Crippen LogP contribution in [0.4, 0.5) is 4.39 Å². The normalized spacial score (nSPS) is 12.8. The van der Waals surface area contributed by atoms with Gasteiger partial charge in [0.25, 0.3) is 0 Å². The maximum absolute atomic E-state index is 13.0. The number of ether oxygens (including phenoxy) is 1. The average molecular weight is 307 g/mol. The number of rotatable bonds is 8. The molecule has 5 nitrogen and oxygen atoms in total. The molecule has 2 rings (SSSR count). The first-order valence-electron chi connectivity index (χ1n) is 7.39. The fourth-order valence-electron chi connectivity index (χ4n) is 2.26. The van der Waals surface area contributed by atoms with Gasteiger partial charge in [0.05, 0.1) is 13.2 Å². The largest absolute Gasteiger partial charge is 0.384 e. The number of halogens is 1. The number of aromatic nitrogens is 2. The highest BCUT2D eigenvalue weighted by atomic mass is 19.1. The molecule has 0 bridgehead atoms. The first-order chi connectivity index (χ1) is 10.6. The molecule has 0 radical (unpaired) electrons. The summed E-state index contributed by atoms with van der Waals surface area (Å²) < 4.78 is 23.2. The lowest BCUT2D eigenvalue weighted by Crippen LogP contribution is -2.25. The summed E-state index contributed by atoms with van der Waals surface area (Å²) in [4.78, 5) is 4.31. The topological polar surface area (TPSA) is 60.2 Å². The van der Waals surface area contributed by atoms with E-state index in [0.29, 0.717) is 37.2 Å². The maximum atomic E-state index is 13.0. The predicted molar refractivity (Wildman–Crippen MR) is 80.7 cm³/mol. The Balaban J connectivity index is 1.97. The molecular formula is C16H22FN3O2. The minimum atomic E-state index is -0.231. The van der Waals surface area contributed by atoms with Crippen molar-refractivity contribution in [2.75, 3.05) is 13.7 Å². The third kappa shape index (κ3) is 4.61. The van der Waals surface area contributed by atoms with Gasteiger partial charge < -0.3 is 14.6 Å². The lowest BCUT2D eigenvalue weighted by Gasteiger charge is -2.22. The summed E-state index contributed by atoms with van der Waals surface area (Å²) in [5, 5.41) is 7.30. The minimum Gasteiger partial charge on any atom is -0.384 e. The lowest BCUT2D eigenvalue weighted by atomic mass is 9.96. The van der Waals surface area contributed by atoms with Gasteiger partial charge in [-0.1, -0.05) is 31.1 Å². The van der Waals surface area contributed by atoms with E-state index in [2.05, 4.69) is 29.3 Å². The van der Waals surface area contributed by atoms with Gasteiger partial charge in [0.15, 0.2) is 5.82 Å². The van der Waals surface area contributed by atoms with Crippen LogP contribution >= 0.6 is 0 Å². The fourth-order valence-corrected chi connectivity index (χ4v) is 2.26. The van der Waals surface area contributed by atoms with Gasteiger partial charge in [-0.05, 0) is 23.6 Å². The Hall–Kier alpha value is -1.79. The number of benzene rings is 1. The second kappa shape index (κ2) is 8.00. The Kier molecular flexibility index (Phi) is 6.03. The molecule has 0 fully saturated rings. The molecule has 22 heavy (non-hydrogen) atoms. The Morgan fingerprint density at radius 3 is 2.64 bits per heavy atom. The molecule has 0 amide bonds. The van der Waals surface area contributed by atoms with Crippen molar-refractivity contribution >= 4 is 0 Å². The van der Waals surface area contributed by atoms with Crippen LogP contribution in [0.2, 0.25) is 0 Å². The smallest absolute Gasteiger partial charge is 0.240 e. The molecule has 1 atom stereocenters. The van der Waals surface area contributed by atoms with E-state index >= 15 is 0 Å². The van der Waals surface area contributed by atoms with Gasteiger partial charge in [-0.15, -0.1) is 0 Å². The molecule has 0 unspecified atom stereocenters. The lowest BCUT2D eigenvalue weighted by molar-refractivity contribution is 0.199. The van der Waals surface area contributed by atoms with Crippen molar-refractivity contribution in [1.82, 2.24) is 15.5 Å². The Bertz CT molecular complexity index is 569. The van der Waals surface area contributed by atoms with E-state index in [4.69, 9.17) is 9.26 Å². The van der Waals surface area contributed by atoms with Gasteiger partial charge in [-0.3, -0.25) is 0 Å². The summed E-state index contributed by atoms with van der Waals surface area (Å²) in [5.74, 6) is 1.30. The van der Waals surface area contributed by atoms with Crippen molar-refractivity contribution in [3.05, 3.63) is 47.4 Å². The summed E-state index contributed by atoms with van der Waals surface area (Å²) in [6, 6.07) is 6.63. The van der Waals surface area contributed by atoms with E-state index in [1.807, 2.05) is 0 Å². The van der Waals surface area contributed by atoms with Crippen LogP contribution in [0, 0.1) is 11.7 Å². The number of hydrogen-bond acceptors (Lipinski definition) is 5. The number of hydrogen-bond donors (Lipinski definition) is 1. The summed E-state index contributed by atoms with van der Waals surface area (Å²) in [6.45, 7) is 5.26.